The van der Waals surface area contributed by atoms with E-state index in [0.717, 1.165) is 5.69 Å². The van der Waals surface area contributed by atoms with Crippen LogP contribution in [0.2, 0.25) is 0 Å². The molecule has 18 heavy (non-hydrogen) atoms. The molecule has 0 radical (unpaired) electrons. The maximum Gasteiger partial charge on any atom is 0.212 e. The smallest absolute Gasteiger partial charge is 0.212 e. The lowest BCUT2D eigenvalue weighted by Crippen LogP contribution is -2.39. The molecule has 1 N–H and O–H groups in total. The number of hydrogen-bond acceptors (Lipinski definition) is 3. The van der Waals surface area contributed by atoms with Gasteiger partial charge >= 0.3 is 0 Å². The Morgan fingerprint density at radius 1 is 1.39 bits per heavy atom. The van der Waals surface area contributed by atoms with E-state index in [0.29, 0.717) is 12.3 Å². The average Bonchev–Trinajstić information content (AvgIpc) is 2.36. The van der Waals surface area contributed by atoms with Gasteiger partial charge in [0.1, 0.15) is 0 Å². The van der Waals surface area contributed by atoms with E-state index in [1.807, 2.05) is 26.0 Å². The molecule has 102 valence electrons. The Balaban J connectivity index is 2.50. The zero-order valence-electron chi connectivity index (χ0n) is 10.6. The molecule has 0 saturated carbocycles. The first-order valence-electron chi connectivity index (χ1n) is 5.90. The van der Waals surface area contributed by atoms with Crippen molar-refractivity contribution in [1.82, 2.24) is 9.71 Å². The first-order chi connectivity index (χ1) is 8.44. The highest BCUT2D eigenvalue weighted by Crippen LogP contribution is 2.06. The first-order valence-corrected chi connectivity index (χ1v) is 8.09. The number of halogens is 1. The Morgan fingerprint density at radius 2 is 2.11 bits per heavy atom. The third kappa shape index (κ3) is 5.33. The van der Waals surface area contributed by atoms with E-state index in [1.54, 1.807) is 12.3 Å². The molecule has 1 aromatic heterocycles. The second-order valence-corrected chi connectivity index (χ2v) is 6.61. The number of sulfonamides is 1. The summed E-state index contributed by atoms with van der Waals surface area (Å²) in [4.78, 5) is 4.10. The summed E-state index contributed by atoms with van der Waals surface area (Å²) in [5.74, 6) is 0.587. The van der Waals surface area contributed by atoms with Crippen LogP contribution in [-0.4, -0.2) is 31.1 Å². The van der Waals surface area contributed by atoms with Gasteiger partial charge in [-0.05, 0) is 25.0 Å². The quantitative estimate of drug-likeness (QED) is 0.779. The summed E-state index contributed by atoms with van der Waals surface area (Å²) >= 11 is 5.70. The molecule has 1 aromatic rings. The summed E-state index contributed by atoms with van der Waals surface area (Å²) in [5, 5.41) is 0. The van der Waals surface area contributed by atoms with Crippen LogP contribution < -0.4 is 4.72 Å². The number of hydrogen-bond donors (Lipinski definition) is 1. The molecule has 0 fully saturated rings. The van der Waals surface area contributed by atoms with Crippen LogP contribution in [0, 0.1) is 5.92 Å². The van der Waals surface area contributed by atoms with Gasteiger partial charge in [-0.2, -0.15) is 0 Å². The van der Waals surface area contributed by atoms with E-state index in [9.17, 15) is 8.42 Å². The van der Waals surface area contributed by atoms with Crippen LogP contribution in [0.25, 0.3) is 0 Å². The summed E-state index contributed by atoms with van der Waals surface area (Å²) in [7, 11) is -3.28. The molecule has 0 aliphatic heterocycles. The zero-order chi connectivity index (χ0) is 13.6. The maximum absolute atomic E-state index is 11.9. The van der Waals surface area contributed by atoms with Crippen LogP contribution in [0.1, 0.15) is 19.5 Å². The Bertz CT molecular complexity index is 450. The van der Waals surface area contributed by atoms with Crippen molar-refractivity contribution in [2.75, 3.05) is 11.6 Å². The van der Waals surface area contributed by atoms with Gasteiger partial charge < -0.3 is 0 Å². The van der Waals surface area contributed by atoms with Gasteiger partial charge in [-0.25, -0.2) is 13.1 Å². The number of aromatic nitrogens is 1. The van der Waals surface area contributed by atoms with Crippen molar-refractivity contribution in [3.05, 3.63) is 30.1 Å². The van der Waals surface area contributed by atoms with E-state index in [-0.39, 0.29) is 17.7 Å². The number of alkyl halides is 1. The van der Waals surface area contributed by atoms with Crippen molar-refractivity contribution in [2.24, 2.45) is 5.92 Å². The molecular formula is C12H19ClN2O2S. The van der Waals surface area contributed by atoms with E-state index < -0.39 is 10.0 Å². The minimum absolute atomic E-state index is 0.0450. The van der Waals surface area contributed by atoms with E-state index in [4.69, 9.17) is 11.6 Å². The van der Waals surface area contributed by atoms with Gasteiger partial charge in [-0.3, -0.25) is 4.98 Å². The zero-order valence-corrected chi connectivity index (χ0v) is 12.2. The van der Waals surface area contributed by atoms with Crippen LogP contribution >= 0.6 is 11.6 Å². The molecular weight excluding hydrogens is 272 g/mol. The Hall–Kier alpha value is -0.650. The molecule has 0 spiro atoms. The van der Waals surface area contributed by atoms with Gasteiger partial charge in [-0.1, -0.05) is 13.0 Å². The van der Waals surface area contributed by atoms with E-state index >= 15 is 0 Å². The average molecular weight is 291 g/mol. The molecule has 0 aliphatic carbocycles. The largest absolute Gasteiger partial charge is 0.261 e. The number of nitrogens with one attached hydrogen (secondary N) is 1. The van der Waals surface area contributed by atoms with Gasteiger partial charge in [0.05, 0.1) is 5.75 Å². The fourth-order valence-electron chi connectivity index (χ4n) is 1.38. The minimum atomic E-state index is -3.28. The van der Waals surface area contributed by atoms with Crippen molar-refractivity contribution in [3.8, 4) is 0 Å². The lowest BCUT2D eigenvalue weighted by Gasteiger charge is -2.18. The molecule has 1 heterocycles. The standard InChI is InChI=1S/C12H19ClN2O2S/c1-10(9-13)11(2)15-18(16,17)8-6-12-5-3-4-7-14-12/h3-5,7,10-11,15H,6,8-9H2,1-2H3. The Kier molecular flexibility index (Phi) is 6.05. The number of pyridine rings is 1. The molecule has 1 rings (SSSR count). The van der Waals surface area contributed by atoms with E-state index in [2.05, 4.69) is 9.71 Å². The summed E-state index contributed by atoms with van der Waals surface area (Å²) in [6.07, 6.45) is 2.08. The van der Waals surface area contributed by atoms with Gasteiger partial charge in [0.2, 0.25) is 10.0 Å². The molecule has 0 bridgehead atoms. The second kappa shape index (κ2) is 7.07. The van der Waals surface area contributed by atoms with Crippen molar-refractivity contribution < 1.29 is 8.42 Å². The van der Waals surface area contributed by atoms with Gasteiger partial charge in [-0.15, -0.1) is 11.6 Å². The molecule has 2 atom stereocenters. The highest BCUT2D eigenvalue weighted by molar-refractivity contribution is 7.89. The lowest BCUT2D eigenvalue weighted by molar-refractivity contribution is 0.480. The SMILES string of the molecule is CC(CCl)C(C)NS(=O)(=O)CCc1ccccn1. The third-order valence-electron chi connectivity index (χ3n) is 2.82. The number of rotatable bonds is 7. The predicted octanol–water partition coefficient (Wildman–Crippen LogP) is 1.81. The lowest BCUT2D eigenvalue weighted by atomic mass is 10.1. The molecule has 0 amide bonds. The van der Waals surface area contributed by atoms with Crippen molar-refractivity contribution in [1.29, 1.82) is 0 Å². The van der Waals surface area contributed by atoms with Gasteiger partial charge in [0.15, 0.2) is 0 Å². The van der Waals surface area contributed by atoms with Crippen LogP contribution in [-0.2, 0) is 16.4 Å². The fourth-order valence-corrected chi connectivity index (χ4v) is 3.04. The molecule has 0 aliphatic rings. The topological polar surface area (TPSA) is 59.1 Å². The highest BCUT2D eigenvalue weighted by Gasteiger charge is 2.18. The Morgan fingerprint density at radius 3 is 2.67 bits per heavy atom. The first kappa shape index (κ1) is 15.4. The minimum Gasteiger partial charge on any atom is -0.261 e. The van der Waals surface area contributed by atoms with Gasteiger partial charge in [0.25, 0.3) is 0 Å². The van der Waals surface area contributed by atoms with Crippen molar-refractivity contribution >= 4 is 21.6 Å². The van der Waals surface area contributed by atoms with Crippen LogP contribution in [0.4, 0.5) is 0 Å². The molecule has 0 aromatic carbocycles. The van der Waals surface area contributed by atoms with Crippen molar-refractivity contribution in [3.63, 3.8) is 0 Å². The number of nitrogens with zero attached hydrogens (tertiary/aromatic N) is 1. The monoisotopic (exact) mass is 290 g/mol. The summed E-state index contributed by atoms with van der Waals surface area (Å²) < 4.78 is 26.3. The normalized spacial score (nSPS) is 15.3. The predicted molar refractivity (Wildman–Crippen MR) is 74.2 cm³/mol. The molecule has 0 saturated heterocycles. The Labute approximate surface area is 114 Å². The van der Waals surface area contributed by atoms with Crippen molar-refractivity contribution in [2.45, 2.75) is 26.3 Å². The van der Waals surface area contributed by atoms with E-state index in [1.165, 1.54) is 0 Å². The van der Waals surface area contributed by atoms with Crippen LogP contribution in [0.15, 0.2) is 24.4 Å². The van der Waals surface area contributed by atoms with Gasteiger partial charge in [0, 0.05) is 30.2 Å². The van der Waals surface area contributed by atoms with Crippen LogP contribution in [0.3, 0.4) is 0 Å². The van der Waals surface area contributed by atoms with Crippen LogP contribution in [0.5, 0.6) is 0 Å². The summed E-state index contributed by atoms with van der Waals surface area (Å²) in [6, 6.07) is 5.32. The molecule has 6 heteroatoms. The summed E-state index contributed by atoms with van der Waals surface area (Å²) in [6.45, 7) is 3.74. The second-order valence-electron chi connectivity index (χ2n) is 4.43. The fraction of sp³-hybridized carbons (Fsp3) is 0.583. The molecule has 2 unspecified atom stereocenters. The maximum atomic E-state index is 11.9. The molecule has 4 nitrogen and oxygen atoms in total. The summed E-state index contributed by atoms with van der Waals surface area (Å²) in [5.41, 5.74) is 0.779. The third-order valence-corrected chi connectivity index (χ3v) is 4.77. The number of aryl methyl sites for hydroxylation is 1. The highest BCUT2D eigenvalue weighted by atomic mass is 35.5.